The van der Waals surface area contributed by atoms with E-state index in [0.717, 1.165) is 30.6 Å². The summed E-state index contributed by atoms with van der Waals surface area (Å²) in [6, 6.07) is 9.43. The molecule has 1 saturated heterocycles. The van der Waals surface area contributed by atoms with Crippen molar-refractivity contribution >= 4 is 5.97 Å². The van der Waals surface area contributed by atoms with Gasteiger partial charge in [0.2, 0.25) is 0 Å². The third kappa shape index (κ3) is 2.69. The quantitative estimate of drug-likeness (QED) is 0.874. The Balaban J connectivity index is 2.01. The maximum absolute atomic E-state index is 12.3. The summed E-state index contributed by atoms with van der Waals surface area (Å²) in [5.41, 5.74) is 1.94. The molecular weight excluding hydrogens is 266 g/mol. The molecule has 1 aliphatic rings. The maximum Gasteiger partial charge on any atom is 0.333 e. The van der Waals surface area contributed by atoms with Crippen molar-refractivity contribution in [2.45, 2.75) is 24.9 Å². The zero-order chi connectivity index (χ0) is 14.7. The summed E-state index contributed by atoms with van der Waals surface area (Å²) >= 11 is 0. The Bertz CT molecular complexity index is 603. The van der Waals surface area contributed by atoms with E-state index in [1.165, 1.54) is 7.11 Å². The van der Waals surface area contributed by atoms with Gasteiger partial charge in [-0.2, -0.15) is 0 Å². The molecule has 1 fully saturated rings. The van der Waals surface area contributed by atoms with Crippen LogP contribution in [0.5, 0.6) is 0 Å². The first-order chi connectivity index (χ1) is 10.3. The number of methoxy groups -OCH3 is 1. The number of rotatable bonds is 4. The van der Waals surface area contributed by atoms with Gasteiger partial charge in [0.15, 0.2) is 6.04 Å². The predicted molar refractivity (Wildman–Crippen MR) is 78.8 cm³/mol. The summed E-state index contributed by atoms with van der Waals surface area (Å²) in [4.78, 5) is 16.5. The lowest BCUT2D eigenvalue weighted by Gasteiger charge is -2.21. The normalized spacial score (nSPS) is 19.4. The van der Waals surface area contributed by atoms with Crippen LogP contribution in [0.1, 0.15) is 36.2 Å². The lowest BCUT2D eigenvalue weighted by atomic mass is 10.1. The van der Waals surface area contributed by atoms with E-state index in [2.05, 4.69) is 10.3 Å². The topological polar surface area (TPSA) is 56.2 Å². The molecule has 3 rings (SSSR count). The Labute approximate surface area is 124 Å². The summed E-state index contributed by atoms with van der Waals surface area (Å²) in [6.07, 6.45) is 5.75. The van der Waals surface area contributed by atoms with Crippen molar-refractivity contribution in [3.05, 3.63) is 54.1 Å². The third-order valence-electron chi connectivity index (χ3n) is 3.93. The van der Waals surface area contributed by atoms with Crippen LogP contribution in [-0.2, 0) is 9.53 Å². The fourth-order valence-electron chi connectivity index (χ4n) is 2.89. The van der Waals surface area contributed by atoms with E-state index >= 15 is 0 Å². The zero-order valence-electron chi connectivity index (χ0n) is 12.0. The van der Waals surface area contributed by atoms with Crippen LogP contribution in [0, 0.1) is 0 Å². The third-order valence-corrected chi connectivity index (χ3v) is 3.93. The number of nitrogens with zero attached hydrogens (tertiary/aromatic N) is 2. The molecule has 2 atom stereocenters. The molecule has 1 unspecified atom stereocenters. The van der Waals surface area contributed by atoms with Crippen molar-refractivity contribution in [3.63, 3.8) is 0 Å². The van der Waals surface area contributed by atoms with Gasteiger partial charge in [0.05, 0.1) is 19.1 Å². The van der Waals surface area contributed by atoms with E-state index in [9.17, 15) is 4.79 Å². The fourth-order valence-corrected chi connectivity index (χ4v) is 2.89. The van der Waals surface area contributed by atoms with Gasteiger partial charge in [-0.3, -0.25) is 0 Å². The van der Waals surface area contributed by atoms with Crippen LogP contribution >= 0.6 is 0 Å². The molecule has 0 aliphatic carbocycles. The molecular formula is C16H19N3O2. The molecule has 0 spiro atoms. The number of hydrogen-bond acceptors (Lipinski definition) is 4. The molecule has 21 heavy (non-hydrogen) atoms. The lowest BCUT2D eigenvalue weighted by Crippen LogP contribution is -2.26. The summed E-state index contributed by atoms with van der Waals surface area (Å²) in [5, 5.41) is 3.45. The second-order valence-electron chi connectivity index (χ2n) is 5.21. The van der Waals surface area contributed by atoms with Crippen LogP contribution in [0.15, 0.2) is 42.9 Å². The zero-order valence-corrected chi connectivity index (χ0v) is 12.0. The summed E-state index contributed by atoms with van der Waals surface area (Å²) < 4.78 is 6.92. The first kappa shape index (κ1) is 13.8. The van der Waals surface area contributed by atoms with Gasteiger partial charge in [-0.25, -0.2) is 9.78 Å². The van der Waals surface area contributed by atoms with E-state index in [1.54, 1.807) is 6.33 Å². The Morgan fingerprint density at radius 2 is 2.24 bits per heavy atom. The molecule has 110 valence electrons. The minimum absolute atomic E-state index is 0.253. The number of ether oxygens (including phenoxy) is 1. The molecule has 1 N–H and O–H groups in total. The highest BCUT2D eigenvalue weighted by atomic mass is 16.5. The van der Waals surface area contributed by atoms with Crippen molar-refractivity contribution in [2.75, 3.05) is 13.7 Å². The average Bonchev–Trinajstić information content (AvgIpc) is 3.19. The molecule has 0 radical (unpaired) electrons. The Morgan fingerprint density at radius 1 is 1.43 bits per heavy atom. The maximum atomic E-state index is 12.3. The standard InChI is InChI=1S/C16H19N3O2/c1-21-16(20)15(12-6-3-2-4-7-12)19-11-17-10-14(19)13-8-5-9-18-13/h2-4,6-7,10-11,13,15,18H,5,8-9H2,1H3/t13-,15?/m0/s1. The first-order valence-electron chi connectivity index (χ1n) is 7.19. The van der Waals surface area contributed by atoms with Crippen LogP contribution < -0.4 is 5.32 Å². The van der Waals surface area contributed by atoms with E-state index < -0.39 is 6.04 Å². The molecule has 1 aromatic carbocycles. The highest BCUT2D eigenvalue weighted by Gasteiger charge is 2.28. The average molecular weight is 285 g/mol. The van der Waals surface area contributed by atoms with E-state index in [0.29, 0.717) is 0 Å². The smallest absolute Gasteiger partial charge is 0.333 e. The molecule has 5 heteroatoms. The SMILES string of the molecule is COC(=O)C(c1ccccc1)n1cncc1[C@@H]1CCCN1. The van der Waals surface area contributed by atoms with E-state index in [4.69, 9.17) is 4.74 Å². The number of nitrogens with one attached hydrogen (secondary N) is 1. The predicted octanol–water partition coefficient (Wildman–Crippen LogP) is 2.07. The number of imidazole rings is 1. The summed E-state index contributed by atoms with van der Waals surface area (Å²) in [7, 11) is 1.42. The molecule has 0 bridgehead atoms. The van der Waals surface area contributed by atoms with Crippen LogP contribution in [0.4, 0.5) is 0 Å². The molecule has 2 aromatic rings. The Morgan fingerprint density at radius 3 is 2.90 bits per heavy atom. The molecule has 0 saturated carbocycles. The first-order valence-corrected chi connectivity index (χ1v) is 7.19. The Kier molecular flexibility index (Phi) is 4.01. The lowest BCUT2D eigenvalue weighted by molar-refractivity contribution is -0.143. The highest BCUT2D eigenvalue weighted by molar-refractivity contribution is 5.78. The number of aromatic nitrogens is 2. The number of carbonyl (C=O) groups excluding carboxylic acids is 1. The largest absolute Gasteiger partial charge is 0.467 e. The van der Waals surface area contributed by atoms with Gasteiger partial charge in [-0.15, -0.1) is 0 Å². The van der Waals surface area contributed by atoms with Gasteiger partial charge in [0.25, 0.3) is 0 Å². The minimum atomic E-state index is -0.490. The minimum Gasteiger partial charge on any atom is -0.467 e. The summed E-state index contributed by atoms with van der Waals surface area (Å²) in [6.45, 7) is 1.00. The van der Waals surface area contributed by atoms with Gasteiger partial charge in [-0.05, 0) is 24.9 Å². The van der Waals surface area contributed by atoms with Gasteiger partial charge >= 0.3 is 5.97 Å². The van der Waals surface area contributed by atoms with Gasteiger partial charge < -0.3 is 14.6 Å². The second-order valence-corrected chi connectivity index (χ2v) is 5.21. The fraction of sp³-hybridized carbons (Fsp3) is 0.375. The highest BCUT2D eigenvalue weighted by Crippen LogP contribution is 2.28. The van der Waals surface area contributed by atoms with Crippen LogP contribution in [-0.4, -0.2) is 29.2 Å². The van der Waals surface area contributed by atoms with Gasteiger partial charge in [-0.1, -0.05) is 30.3 Å². The van der Waals surface area contributed by atoms with Crippen LogP contribution in [0.3, 0.4) is 0 Å². The van der Waals surface area contributed by atoms with Crippen molar-refractivity contribution in [1.29, 1.82) is 0 Å². The van der Waals surface area contributed by atoms with Gasteiger partial charge in [0, 0.05) is 12.2 Å². The molecule has 5 nitrogen and oxygen atoms in total. The number of esters is 1. The van der Waals surface area contributed by atoms with Crippen molar-refractivity contribution in [2.24, 2.45) is 0 Å². The monoisotopic (exact) mass is 285 g/mol. The van der Waals surface area contributed by atoms with Crippen molar-refractivity contribution in [1.82, 2.24) is 14.9 Å². The summed E-state index contributed by atoms with van der Waals surface area (Å²) in [5.74, 6) is -0.279. The van der Waals surface area contributed by atoms with Gasteiger partial charge in [0.1, 0.15) is 0 Å². The molecule has 0 amide bonds. The number of benzene rings is 1. The molecule has 1 aliphatic heterocycles. The molecule has 1 aromatic heterocycles. The second kappa shape index (κ2) is 6.10. The van der Waals surface area contributed by atoms with Crippen molar-refractivity contribution in [3.8, 4) is 0 Å². The number of hydrogen-bond donors (Lipinski definition) is 1. The van der Waals surface area contributed by atoms with Crippen LogP contribution in [0.25, 0.3) is 0 Å². The van der Waals surface area contributed by atoms with Crippen LogP contribution in [0.2, 0.25) is 0 Å². The number of carbonyl (C=O) groups is 1. The van der Waals surface area contributed by atoms with E-state index in [-0.39, 0.29) is 12.0 Å². The van der Waals surface area contributed by atoms with E-state index in [1.807, 2.05) is 41.1 Å². The van der Waals surface area contributed by atoms with Crippen molar-refractivity contribution < 1.29 is 9.53 Å². The molecule has 2 heterocycles. The Hall–Kier alpha value is -2.14.